The Morgan fingerprint density at radius 2 is 2.12 bits per heavy atom. The highest BCUT2D eigenvalue weighted by Gasteiger charge is 2.36. The third kappa shape index (κ3) is 2.67. The minimum Gasteiger partial charge on any atom is -0.310 e. The highest BCUT2D eigenvalue weighted by atomic mass is 15.2. The Labute approximate surface area is 100 Å². The normalized spacial score (nSPS) is 31.2. The fourth-order valence-electron chi connectivity index (χ4n) is 3.30. The Kier molecular flexibility index (Phi) is 4.04. The molecule has 2 heteroatoms. The zero-order chi connectivity index (χ0) is 11.4. The van der Waals surface area contributed by atoms with Gasteiger partial charge in [-0.1, -0.05) is 25.3 Å². The van der Waals surface area contributed by atoms with Gasteiger partial charge in [-0.3, -0.25) is 4.90 Å². The smallest absolute Gasteiger partial charge is 0.0309 e. The van der Waals surface area contributed by atoms with Gasteiger partial charge in [-0.25, -0.2) is 0 Å². The quantitative estimate of drug-likeness (QED) is 0.722. The monoisotopic (exact) mass is 222 g/mol. The van der Waals surface area contributed by atoms with Crippen molar-refractivity contribution < 1.29 is 0 Å². The molecule has 2 rings (SSSR count). The van der Waals surface area contributed by atoms with Crippen molar-refractivity contribution >= 4 is 0 Å². The van der Waals surface area contributed by atoms with Crippen LogP contribution in [0.15, 0.2) is 12.7 Å². The van der Waals surface area contributed by atoms with Crippen LogP contribution in [-0.4, -0.2) is 36.1 Å². The summed E-state index contributed by atoms with van der Waals surface area (Å²) < 4.78 is 0. The molecule has 1 N–H and O–H groups in total. The Morgan fingerprint density at radius 1 is 1.38 bits per heavy atom. The van der Waals surface area contributed by atoms with Crippen molar-refractivity contribution in [3.63, 3.8) is 0 Å². The second-order valence-corrected chi connectivity index (χ2v) is 5.62. The van der Waals surface area contributed by atoms with E-state index in [-0.39, 0.29) is 0 Å². The number of hydrogen-bond acceptors (Lipinski definition) is 2. The third-order valence-electron chi connectivity index (χ3n) is 4.37. The van der Waals surface area contributed by atoms with Gasteiger partial charge >= 0.3 is 0 Å². The molecule has 0 radical (unpaired) electrons. The van der Waals surface area contributed by atoms with Crippen molar-refractivity contribution in [1.82, 2.24) is 10.2 Å². The summed E-state index contributed by atoms with van der Waals surface area (Å²) >= 11 is 0. The first-order chi connectivity index (χ1) is 7.76. The highest BCUT2D eigenvalue weighted by molar-refractivity contribution is 4.97. The summed E-state index contributed by atoms with van der Waals surface area (Å²) in [6.45, 7) is 9.70. The van der Waals surface area contributed by atoms with Crippen LogP contribution >= 0.6 is 0 Å². The Balaban J connectivity index is 2.05. The molecule has 0 aromatic carbocycles. The van der Waals surface area contributed by atoms with Crippen LogP contribution in [0.3, 0.4) is 0 Å². The minimum absolute atomic E-state index is 0.423. The molecule has 1 spiro atoms. The molecule has 1 atom stereocenters. The average molecular weight is 222 g/mol. The van der Waals surface area contributed by atoms with Crippen molar-refractivity contribution in [1.29, 1.82) is 0 Å². The van der Waals surface area contributed by atoms with Gasteiger partial charge in [-0.05, 0) is 32.7 Å². The van der Waals surface area contributed by atoms with Crippen LogP contribution in [0.1, 0.15) is 45.4 Å². The van der Waals surface area contributed by atoms with Gasteiger partial charge in [-0.2, -0.15) is 0 Å². The van der Waals surface area contributed by atoms with Gasteiger partial charge in [0.15, 0.2) is 0 Å². The second-order valence-electron chi connectivity index (χ2n) is 5.62. The molecule has 1 saturated carbocycles. The molecule has 0 bridgehead atoms. The summed E-state index contributed by atoms with van der Waals surface area (Å²) in [5.41, 5.74) is 0.423. The lowest BCUT2D eigenvalue weighted by Gasteiger charge is -2.40. The maximum absolute atomic E-state index is 3.89. The third-order valence-corrected chi connectivity index (χ3v) is 4.37. The molecule has 1 heterocycles. The first-order valence-corrected chi connectivity index (χ1v) is 6.86. The summed E-state index contributed by atoms with van der Waals surface area (Å²) in [5.74, 6) is 0. The summed E-state index contributed by atoms with van der Waals surface area (Å²) in [5, 5.41) is 3.84. The standard InChI is InChI=1S/C14H26N2/c1-3-11-16-12-14(8-5-4-6-9-14)15-10-7-13(16)2/h3,13,15H,1,4-12H2,2H3. The molecule has 2 fully saturated rings. The van der Waals surface area contributed by atoms with Crippen molar-refractivity contribution in [3.8, 4) is 0 Å². The maximum atomic E-state index is 3.89. The van der Waals surface area contributed by atoms with Crippen molar-refractivity contribution in [2.75, 3.05) is 19.6 Å². The first-order valence-electron chi connectivity index (χ1n) is 6.86. The molecule has 0 aromatic heterocycles. The zero-order valence-electron chi connectivity index (χ0n) is 10.7. The largest absolute Gasteiger partial charge is 0.310 e. The highest BCUT2D eigenvalue weighted by Crippen LogP contribution is 2.31. The van der Waals surface area contributed by atoms with E-state index in [0.29, 0.717) is 11.6 Å². The summed E-state index contributed by atoms with van der Waals surface area (Å²) in [6.07, 6.45) is 10.3. The van der Waals surface area contributed by atoms with Crippen LogP contribution in [0.4, 0.5) is 0 Å². The molecule has 1 aliphatic carbocycles. The van der Waals surface area contributed by atoms with Crippen LogP contribution in [0.5, 0.6) is 0 Å². The number of nitrogens with one attached hydrogen (secondary N) is 1. The molecule has 2 aliphatic rings. The van der Waals surface area contributed by atoms with Crippen LogP contribution in [0.25, 0.3) is 0 Å². The molecule has 1 saturated heterocycles. The zero-order valence-corrected chi connectivity index (χ0v) is 10.7. The van der Waals surface area contributed by atoms with Crippen LogP contribution in [0.2, 0.25) is 0 Å². The number of rotatable bonds is 2. The van der Waals surface area contributed by atoms with E-state index in [0.717, 1.165) is 6.54 Å². The molecule has 1 unspecified atom stereocenters. The van der Waals surface area contributed by atoms with E-state index in [1.165, 1.54) is 51.6 Å². The van der Waals surface area contributed by atoms with E-state index in [4.69, 9.17) is 0 Å². The molecule has 16 heavy (non-hydrogen) atoms. The Bertz CT molecular complexity index is 231. The van der Waals surface area contributed by atoms with Crippen molar-refractivity contribution in [2.45, 2.75) is 57.0 Å². The van der Waals surface area contributed by atoms with Gasteiger partial charge in [-0.15, -0.1) is 6.58 Å². The van der Waals surface area contributed by atoms with Gasteiger partial charge in [0.25, 0.3) is 0 Å². The van der Waals surface area contributed by atoms with E-state index >= 15 is 0 Å². The SMILES string of the molecule is C=CCN1CC2(CCCCC2)NCCC1C. The van der Waals surface area contributed by atoms with Crippen molar-refractivity contribution in [3.05, 3.63) is 12.7 Å². The molecule has 92 valence electrons. The fraction of sp³-hybridized carbons (Fsp3) is 0.857. The van der Waals surface area contributed by atoms with E-state index in [1.807, 2.05) is 0 Å². The van der Waals surface area contributed by atoms with Crippen molar-refractivity contribution in [2.24, 2.45) is 0 Å². The second kappa shape index (κ2) is 5.33. The van der Waals surface area contributed by atoms with E-state index in [9.17, 15) is 0 Å². The van der Waals surface area contributed by atoms with Gasteiger partial charge in [0.2, 0.25) is 0 Å². The minimum atomic E-state index is 0.423. The lowest BCUT2D eigenvalue weighted by molar-refractivity contribution is 0.149. The molecule has 2 nitrogen and oxygen atoms in total. The van der Waals surface area contributed by atoms with Gasteiger partial charge in [0, 0.05) is 24.7 Å². The number of nitrogens with zero attached hydrogens (tertiary/aromatic N) is 1. The molecule has 1 aliphatic heterocycles. The van der Waals surface area contributed by atoms with E-state index < -0.39 is 0 Å². The molecule has 0 amide bonds. The van der Waals surface area contributed by atoms with Crippen LogP contribution < -0.4 is 5.32 Å². The molecular weight excluding hydrogens is 196 g/mol. The average Bonchev–Trinajstić information content (AvgIpc) is 2.42. The summed E-state index contributed by atoms with van der Waals surface area (Å²) in [6, 6.07) is 0.701. The lowest BCUT2D eigenvalue weighted by Crippen LogP contribution is -2.53. The van der Waals surface area contributed by atoms with E-state index in [1.54, 1.807) is 0 Å². The van der Waals surface area contributed by atoms with E-state index in [2.05, 4.69) is 29.8 Å². The molecule has 0 aromatic rings. The van der Waals surface area contributed by atoms with Crippen LogP contribution in [-0.2, 0) is 0 Å². The van der Waals surface area contributed by atoms with Gasteiger partial charge in [0.1, 0.15) is 0 Å². The topological polar surface area (TPSA) is 15.3 Å². The lowest BCUT2D eigenvalue weighted by atomic mass is 9.81. The Morgan fingerprint density at radius 3 is 2.81 bits per heavy atom. The van der Waals surface area contributed by atoms with Gasteiger partial charge < -0.3 is 5.32 Å². The number of hydrogen-bond donors (Lipinski definition) is 1. The van der Waals surface area contributed by atoms with Gasteiger partial charge in [0.05, 0.1) is 0 Å². The Hall–Kier alpha value is -0.340. The predicted molar refractivity (Wildman–Crippen MR) is 69.7 cm³/mol. The predicted octanol–water partition coefficient (Wildman–Crippen LogP) is 2.56. The van der Waals surface area contributed by atoms with Crippen LogP contribution in [0, 0.1) is 0 Å². The molecular formula is C14H26N2. The fourth-order valence-corrected chi connectivity index (χ4v) is 3.30. The maximum Gasteiger partial charge on any atom is 0.0309 e. The summed E-state index contributed by atoms with van der Waals surface area (Å²) in [4.78, 5) is 2.61. The summed E-state index contributed by atoms with van der Waals surface area (Å²) in [7, 11) is 0. The first kappa shape index (κ1) is 12.1.